The van der Waals surface area contributed by atoms with Gasteiger partial charge in [-0.25, -0.2) is 4.39 Å². The summed E-state index contributed by atoms with van der Waals surface area (Å²) in [6, 6.07) is 12.4. The van der Waals surface area contributed by atoms with Crippen molar-refractivity contribution in [3.05, 3.63) is 76.2 Å². The summed E-state index contributed by atoms with van der Waals surface area (Å²) in [5.74, 6) is -0.439. The number of primary amides is 1. The predicted molar refractivity (Wildman–Crippen MR) is 132 cm³/mol. The summed E-state index contributed by atoms with van der Waals surface area (Å²) >= 11 is 0. The first-order chi connectivity index (χ1) is 15.2. The van der Waals surface area contributed by atoms with Crippen molar-refractivity contribution in [2.75, 3.05) is 0 Å². The molecule has 0 saturated carbocycles. The maximum Gasteiger partial charge on any atom is 0.250 e. The zero-order valence-corrected chi connectivity index (χ0v) is 20.7. The molecule has 0 aliphatic heterocycles. The number of halogens is 1. The van der Waals surface area contributed by atoms with Crippen LogP contribution in [0.1, 0.15) is 74.3 Å². The van der Waals surface area contributed by atoms with Gasteiger partial charge in [0.15, 0.2) is 0 Å². The van der Waals surface area contributed by atoms with E-state index >= 15 is 0 Å². The number of rotatable bonds is 5. The van der Waals surface area contributed by atoms with Gasteiger partial charge in [0.1, 0.15) is 11.6 Å². The molecule has 0 atom stereocenters. The molecule has 1 aromatic heterocycles. The first-order valence-electron chi connectivity index (χ1n) is 11.3. The number of benzene rings is 2. The van der Waals surface area contributed by atoms with Gasteiger partial charge in [-0.1, -0.05) is 53.7 Å². The van der Waals surface area contributed by atoms with Crippen molar-refractivity contribution in [2.45, 2.75) is 72.3 Å². The molecule has 0 fully saturated rings. The number of nitrogens with zero attached hydrogens (tertiary/aromatic N) is 1. The Morgan fingerprint density at radius 2 is 1.58 bits per heavy atom. The fourth-order valence-corrected chi connectivity index (χ4v) is 4.28. The fraction of sp³-hybridized carbons (Fsp3) is 0.393. The van der Waals surface area contributed by atoms with E-state index in [0.29, 0.717) is 24.3 Å². The molecule has 3 N–H and O–H groups in total. The smallest absolute Gasteiger partial charge is 0.250 e. The van der Waals surface area contributed by atoms with Gasteiger partial charge in [0.05, 0.1) is 5.56 Å². The third kappa shape index (κ3) is 5.13. The molecule has 2 aromatic carbocycles. The van der Waals surface area contributed by atoms with Gasteiger partial charge >= 0.3 is 0 Å². The molecule has 1 heterocycles. The maximum absolute atomic E-state index is 13.7. The van der Waals surface area contributed by atoms with Crippen LogP contribution in [-0.4, -0.2) is 15.6 Å². The van der Waals surface area contributed by atoms with Crippen LogP contribution in [0.5, 0.6) is 5.75 Å². The van der Waals surface area contributed by atoms with Gasteiger partial charge in [0, 0.05) is 29.1 Å². The van der Waals surface area contributed by atoms with E-state index in [2.05, 4.69) is 46.1 Å². The van der Waals surface area contributed by atoms with E-state index in [0.717, 1.165) is 33.6 Å². The number of nitrogens with two attached hydrogens (primary N) is 1. The minimum absolute atomic E-state index is 0.266. The second kappa shape index (κ2) is 8.69. The van der Waals surface area contributed by atoms with E-state index in [1.165, 1.54) is 12.1 Å². The number of phenolic OH excluding ortho intramolecular Hbond substituents is 1. The Morgan fingerprint density at radius 3 is 2.06 bits per heavy atom. The van der Waals surface area contributed by atoms with E-state index in [1.54, 1.807) is 6.07 Å². The van der Waals surface area contributed by atoms with Gasteiger partial charge in [0.25, 0.3) is 5.91 Å². The standard InChI is InChI=1S/C28H35FN2O2/c1-17-21(26(30)33)16-24(31(17)12-11-18-9-8-10-20(29)13-18)19-14-22(27(2,3)4)25(32)23(15-19)28(5,6)7/h8-10,13-16,32H,11-12H2,1-7H3,(H2,30,33). The van der Waals surface area contributed by atoms with Crippen molar-refractivity contribution in [2.24, 2.45) is 5.73 Å². The molecule has 3 rings (SSSR count). The zero-order valence-electron chi connectivity index (χ0n) is 20.7. The second-order valence-corrected chi connectivity index (χ2v) is 10.8. The van der Waals surface area contributed by atoms with Gasteiger partial charge in [-0.3, -0.25) is 4.79 Å². The fourth-order valence-electron chi connectivity index (χ4n) is 4.28. The summed E-state index contributed by atoms with van der Waals surface area (Å²) in [6.45, 7) is 14.9. The van der Waals surface area contributed by atoms with Gasteiger partial charge in [-0.15, -0.1) is 0 Å². The average molecular weight is 451 g/mol. The monoisotopic (exact) mass is 450 g/mol. The number of aromatic hydroxyl groups is 1. The first-order valence-corrected chi connectivity index (χ1v) is 11.3. The highest BCUT2D eigenvalue weighted by atomic mass is 19.1. The highest BCUT2D eigenvalue weighted by molar-refractivity contribution is 5.95. The number of amides is 1. The lowest BCUT2D eigenvalue weighted by Crippen LogP contribution is -2.17. The molecule has 0 radical (unpaired) electrons. The molecule has 5 heteroatoms. The number of hydrogen-bond donors (Lipinski definition) is 2. The van der Waals surface area contributed by atoms with Crippen molar-refractivity contribution in [1.82, 2.24) is 4.57 Å². The Labute approximate surface area is 196 Å². The number of aromatic nitrogens is 1. The Balaban J connectivity index is 2.21. The molecule has 4 nitrogen and oxygen atoms in total. The molecule has 0 spiro atoms. The highest BCUT2D eigenvalue weighted by Crippen LogP contribution is 2.42. The van der Waals surface area contributed by atoms with E-state index in [4.69, 9.17) is 5.73 Å². The number of carbonyl (C=O) groups is 1. The Morgan fingerprint density at radius 1 is 1.00 bits per heavy atom. The van der Waals surface area contributed by atoms with Crippen LogP contribution in [0.3, 0.4) is 0 Å². The molecular weight excluding hydrogens is 415 g/mol. The summed E-state index contributed by atoms with van der Waals surface area (Å²) in [4.78, 5) is 12.2. The normalized spacial score (nSPS) is 12.2. The minimum atomic E-state index is -0.482. The lowest BCUT2D eigenvalue weighted by atomic mass is 9.78. The number of phenols is 1. The van der Waals surface area contributed by atoms with Gasteiger partial charge in [0.2, 0.25) is 0 Å². The number of hydrogen-bond acceptors (Lipinski definition) is 2. The Bertz CT molecular complexity index is 1160. The molecule has 1 amide bonds. The third-order valence-electron chi connectivity index (χ3n) is 6.17. The van der Waals surface area contributed by atoms with E-state index in [1.807, 2.05) is 31.2 Å². The van der Waals surface area contributed by atoms with Crippen LogP contribution in [0, 0.1) is 12.7 Å². The van der Waals surface area contributed by atoms with Gasteiger partial charge < -0.3 is 15.4 Å². The molecular formula is C28H35FN2O2. The molecule has 33 heavy (non-hydrogen) atoms. The van der Waals surface area contributed by atoms with Crippen molar-refractivity contribution in [3.63, 3.8) is 0 Å². The molecule has 0 aliphatic rings. The first kappa shape index (κ1) is 24.6. The lowest BCUT2D eigenvalue weighted by molar-refractivity contribution is 0.0999. The number of aryl methyl sites for hydroxylation is 1. The number of carbonyl (C=O) groups excluding carboxylic acids is 1. The summed E-state index contributed by atoms with van der Waals surface area (Å²) in [5.41, 5.74) is 10.7. The van der Waals surface area contributed by atoms with Crippen molar-refractivity contribution >= 4 is 5.91 Å². The van der Waals surface area contributed by atoms with Crippen molar-refractivity contribution < 1.29 is 14.3 Å². The summed E-state index contributed by atoms with van der Waals surface area (Å²) in [7, 11) is 0. The Hall–Kier alpha value is -3.08. The molecule has 0 saturated heterocycles. The third-order valence-corrected chi connectivity index (χ3v) is 6.17. The molecule has 0 aliphatic carbocycles. The lowest BCUT2D eigenvalue weighted by Gasteiger charge is -2.28. The maximum atomic E-state index is 13.7. The van der Waals surface area contributed by atoms with Crippen LogP contribution < -0.4 is 5.73 Å². The SMILES string of the molecule is Cc1c(C(N)=O)cc(-c2cc(C(C)(C)C)c(O)c(C(C)(C)C)c2)n1CCc1cccc(F)c1. The zero-order chi connectivity index (χ0) is 24.7. The largest absolute Gasteiger partial charge is 0.507 e. The van der Waals surface area contributed by atoms with Gasteiger partial charge in [-0.2, -0.15) is 0 Å². The molecule has 176 valence electrons. The highest BCUT2D eigenvalue weighted by Gasteiger charge is 2.28. The van der Waals surface area contributed by atoms with Crippen LogP contribution in [0.15, 0.2) is 42.5 Å². The van der Waals surface area contributed by atoms with Crippen LogP contribution >= 0.6 is 0 Å². The molecule has 3 aromatic rings. The van der Waals surface area contributed by atoms with Crippen LogP contribution in [0.2, 0.25) is 0 Å². The summed E-state index contributed by atoms with van der Waals surface area (Å²) < 4.78 is 15.8. The van der Waals surface area contributed by atoms with E-state index < -0.39 is 5.91 Å². The van der Waals surface area contributed by atoms with Crippen LogP contribution in [-0.2, 0) is 23.8 Å². The van der Waals surface area contributed by atoms with Crippen molar-refractivity contribution in [3.8, 4) is 17.0 Å². The molecule has 0 bridgehead atoms. The van der Waals surface area contributed by atoms with Gasteiger partial charge in [-0.05, 0) is 65.6 Å². The molecule has 0 unspecified atom stereocenters. The average Bonchev–Trinajstić information content (AvgIpc) is 3.01. The summed E-state index contributed by atoms with van der Waals surface area (Å²) in [5, 5.41) is 11.1. The van der Waals surface area contributed by atoms with Crippen molar-refractivity contribution in [1.29, 1.82) is 0 Å². The quantitative estimate of drug-likeness (QED) is 0.483. The topological polar surface area (TPSA) is 68.2 Å². The van der Waals surface area contributed by atoms with E-state index in [9.17, 15) is 14.3 Å². The van der Waals surface area contributed by atoms with Crippen LogP contribution in [0.25, 0.3) is 11.3 Å². The predicted octanol–water partition coefficient (Wildman–Crippen LogP) is 6.24. The Kier molecular flexibility index (Phi) is 6.47. The minimum Gasteiger partial charge on any atom is -0.507 e. The van der Waals surface area contributed by atoms with Crippen LogP contribution in [0.4, 0.5) is 4.39 Å². The second-order valence-electron chi connectivity index (χ2n) is 10.8. The summed E-state index contributed by atoms with van der Waals surface area (Å²) in [6.07, 6.45) is 0.606. The van der Waals surface area contributed by atoms with E-state index in [-0.39, 0.29) is 16.6 Å².